The van der Waals surface area contributed by atoms with Gasteiger partial charge in [-0.15, -0.1) is 0 Å². The Balaban J connectivity index is 1.70. The summed E-state index contributed by atoms with van der Waals surface area (Å²) in [6.45, 7) is 4.39. The number of aryl methyl sites for hydroxylation is 1. The molecule has 29 heavy (non-hydrogen) atoms. The number of halogens is 2. The summed E-state index contributed by atoms with van der Waals surface area (Å²) in [7, 11) is 0. The lowest BCUT2D eigenvalue weighted by molar-refractivity contribution is 0.307. The second-order valence-corrected chi connectivity index (χ2v) is 8.42. The monoisotopic (exact) mass is 394 g/mol. The lowest BCUT2D eigenvalue weighted by atomic mass is 9.77. The summed E-state index contributed by atoms with van der Waals surface area (Å²) >= 11 is 0. The van der Waals surface area contributed by atoms with E-state index in [1.54, 1.807) is 0 Å². The highest BCUT2D eigenvalue weighted by molar-refractivity contribution is 5.46. The molecule has 2 aromatic carbocycles. The molecule has 0 aliphatic heterocycles. The standard InChI is InChI=1S/C27H32F2/c1-3-5-7-21-8-10-22(11-9-21)14-17-25-26(28)18-24(19-27(25)29)23-15-12-20(6-4-2)13-16-23/h8-11,18-20,23H,3-7,12-13,15-16H2,1-2H3. The smallest absolute Gasteiger partial charge is 0.142 e. The summed E-state index contributed by atoms with van der Waals surface area (Å²) in [4.78, 5) is 0. The van der Waals surface area contributed by atoms with Crippen LogP contribution in [0.25, 0.3) is 0 Å². The minimum Gasteiger partial charge on any atom is -0.206 e. The highest BCUT2D eigenvalue weighted by atomic mass is 19.1. The van der Waals surface area contributed by atoms with Gasteiger partial charge in [0.1, 0.15) is 11.6 Å². The van der Waals surface area contributed by atoms with Gasteiger partial charge in [-0.05, 0) is 85.8 Å². The molecular formula is C27H32F2. The lowest BCUT2D eigenvalue weighted by Gasteiger charge is -2.28. The summed E-state index contributed by atoms with van der Waals surface area (Å²) in [5.41, 5.74) is 2.72. The van der Waals surface area contributed by atoms with Crippen molar-refractivity contribution < 1.29 is 8.78 Å². The predicted molar refractivity (Wildman–Crippen MR) is 117 cm³/mol. The highest BCUT2D eigenvalue weighted by Gasteiger charge is 2.23. The van der Waals surface area contributed by atoms with Crippen molar-refractivity contribution in [3.8, 4) is 11.8 Å². The van der Waals surface area contributed by atoms with Gasteiger partial charge in [-0.3, -0.25) is 0 Å². The van der Waals surface area contributed by atoms with E-state index in [2.05, 4.69) is 25.7 Å². The summed E-state index contributed by atoms with van der Waals surface area (Å²) in [5, 5.41) is 0. The molecule has 1 aliphatic carbocycles. The number of rotatable bonds is 6. The van der Waals surface area contributed by atoms with Crippen molar-refractivity contribution in [2.75, 3.05) is 0 Å². The zero-order valence-corrected chi connectivity index (χ0v) is 17.7. The van der Waals surface area contributed by atoms with Crippen LogP contribution in [0.1, 0.15) is 93.4 Å². The average molecular weight is 395 g/mol. The van der Waals surface area contributed by atoms with Gasteiger partial charge in [0.2, 0.25) is 0 Å². The van der Waals surface area contributed by atoms with E-state index in [0.717, 1.165) is 62.0 Å². The van der Waals surface area contributed by atoms with Crippen LogP contribution in [0.3, 0.4) is 0 Å². The Bertz CT molecular complexity index is 823. The van der Waals surface area contributed by atoms with Crippen molar-refractivity contribution >= 4 is 0 Å². The van der Waals surface area contributed by atoms with Crippen molar-refractivity contribution in [3.63, 3.8) is 0 Å². The molecule has 0 spiro atoms. The first kappa shape index (κ1) is 21.6. The molecule has 1 saturated carbocycles. The fourth-order valence-corrected chi connectivity index (χ4v) is 4.41. The van der Waals surface area contributed by atoms with Crippen molar-refractivity contribution in [2.24, 2.45) is 5.92 Å². The van der Waals surface area contributed by atoms with E-state index in [4.69, 9.17) is 0 Å². The first-order valence-electron chi connectivity index (χ1n) is 11.2. The number of unbranched alkanes of at least 4 members (excludes halogenated alkanes) is 1. The summed E-state index contributed by atoms with van der Waals surface area (Å²) in [6.07, 6.45) is 10.2. The summed E-state index contributed by atoms with van der Waals surface area (Å²) < 4.78 is 29.3. The van der Waals surface area contributed by atoms with E-state index in [1.807, 2.05) is 24.3 Å². The number of hydrogen-bond acceptors (Lipinski definition) is 0. The van der Waals surface area contributed by atoms with Crippen LogP contribution in [0.5, 0.6) is 0 Å². The molecule has 0 aromatic heterocycles. The Kier molecular flexibility index (Phi) is 7.87. The van der Waals surface area contributed by atoms with Gasteiger partial charge in [0, 0.05) is 5.56 Å². The van der Waals surface area contributed by atoms with Crippen LogP contribution in [-0.2, 0) is 6.42 Å². The molecule has 0 saturated heterocycles. The van der Waals surface area contributed by atoms with E-state index in [9.17, 15) is 8.78 Å². The average Bonchev–Trinajstić information content (AvgIpc) is 2.73. The molecule has 0 bridgehead atoms. The molecule has 0 unspecified atom stereocenters. The maximum atomic E-state index is 14.6. The first-order chi connectivity index (χ1) is 14.1. The molecule has 1 fully saturated rings. The molecule has 2 aromatic rings. The summed E-state index contributed by atoms with van der Waals surface area (Å²) in [6, 6.07) is 11.0. The fraction of sp³-hybridized carbons (Fsp3) is 0.481. The van der Waals surface area contributed by atoms with E-state index >= 15 is 0 Å². The van der Waals surface area contributed by atoms with Crippen LogP contribution in [-0.4, -0.2) is 0 Å². The van der Waals surface area contributed by atoms with Crippen molar-refractivity contribution in [1.29, 1.82) is 0 Å². The number of hydrogen-bond donors (Lipinski definition) is 0. The molecule has 0 atom stereocenters. The van der Waals surface area contributed by atoms with Crippen molar-refractivity contribution in [2.45, 2.75) is 77.6 Å². The maximum Gasteiger partial charge on any atom is 0.142 e. The Morgan fingerprint density at radius 2 is 1.52 bits per heavy atom. The SMILES string of the molecule is CCCCc1ccc(C#Cc2c(F)cc(C3CCC(CCC)CC3)cc2F)cc1. The lowest BCUT2D eigenvalue weighted by Crippen LogP contribution is -2.13. The van der Waals surface area contributed by atoms with Crippen LogP contribution in [0.15, 0.2) is 36.4 Å². The Labute approximate surface area is 174 Å². The molecule has 3 rings (SSSR count). The Morgan fingerprint density at radius 3 is 2.10 bits per heavy atom. The second kappa shape index (κ2) is 10.6. The molecule has 0 radical (unpaired) electrons. The topological polar surface area (TPSA) is 0 Å². The minimum atomic E-state index is -0.539. The third kappa shape index (κ3) is 5.92. The molecule has 0 N–H and O–H groups in total. The van der Waals surface area contributed by atoms with Crippen LogP contribution in [0, 0.1) is 29.4 Å². The number of benzene rings is 2. The molecule has 2 heteroatoms. The summed E-state index contributed by atoms with van der Waals surface area (Å²) in [5.74, 6) is 5.60. The van der Waals surface area contributed by atoms with Crippen molar-refractivity contribution in [3.05, 3.63) is 70.3 Å². The zero-order valence-electron chi connectivity index (χ0n) is 17.7. The van der Waals surface area contributed by atoms with Gasteiger partial charge in [0.05, 0.1) is 5.56 Å². The highest BCUT2D eigenvalue weighted by Crippen LogP contribution is 2.38. The third-order valence-corrected chi connectivity index (χ3v) is 6.18. The maximum absolute atomic E-state index is 14.6. The quantitative estimate of drug-likeness (QED) is 0.439. The van der Waals surface area contributed by atoms with E-state index in [-0.39, 0.29) is 11.5 Å². The molecule has 0 heterocycles. The normalized spacial score (nSPS) is 18.9. The Hall–Kier alpha value is -2.14. The molecule has 1 aliphatic rings. The van der Waals surface area contributed by atoms with Gasteiger partial charge in [0.25, 0.3) is 0 Å². The Morgan fingerprint density at radius 1 is 0.862 bits per heavy atom. The van der Waals surface area contributed by atoms with Gasteiger partial charge in [-0.2, -0.15) is 0 Å². The van der Waals surface area contributed by atoms with Crippen LogP contribution in [0.4, 0.5) is 8.78 Å². The van der Waals surface area contributed by atoms with E-state index in [1.165, 1.54) is 30.5 Å². The second-order valence-electron chi connectivity index (χ2n) is 8.42. The fourth-order valence-electron chi connectivity index (χ4n) is 4.41. The minimum absolute atomic E-state index is 0.122. The predicted octanol–water partition coefficient (Wildman–Crippen LogP) is 7.78. The molecule has 0 amide bonds. The first-order valence-corrected chi connectivity index (χ1v) is 11.2. The van der Waals surface area contributed by atoms with Crippen molar-refractivity contribution in [1.82, 2.24) is 0 Å². The molecule has 0 nitrogen and oxygen atoms in total. The third-order valence-electron chi connectivity index (χ3n) is 6.18. The van der Waals surface area contributed by atoms with Crippen LogP contribution >= 0.6 is 0 Å². The van der Waals surface area contributed by atoms with Crippen LogP contribution < -0.4 is 0 Å². The molecular weight excluding hydrogens is 362 g/mol. The zero-order chi connectivity index (χ0) is 20.6. The molecule has 154 valence electrons. The van der Waals surface area contributed by atoms with Crippen LogP contribution in [0.2, 0.25) is 0 Å². The van der Waals surface area contributed by atoms with E-state index < -0.39 is 11.6 Å². The van der Waals surface area contributed by atoms with Gasteiger partial charge in [-0.25, -0.2) is 8.78 Å². The van der Waals surface area contributed by atoms with Gasteiger partial charge in [-0.1, -0.05) is 57.1 Å². The van der Waals surface area contributed by atoms with Gasteiger partial charge < -0.3 is 0 Å². The largest absolute Gasteiger partial charge is 0.206 e. The van der Waals surface area contributed by atoms with E-state index in [0.29, 0.717) is 0 Å². The van der Waals surface area contributed by atoms with Gasteiger partial charge >= 0.3 is 0 Å². The van der Waals surface area contributed by atoms with Gasteiger partial charge in [0.15, 0.2) is 0 Å².